The second-order valence-electron chi connectivity index (χ2n) is 6.44. The molecule has 2 aromatic rings. The van der Waals surface area contributed by atoms with Crippen molar-refractivity contribution in [2.24, 2.45) is 0 Å². The molecular formula is C19H22N2O5S. The Hall–Kier alpha value is -2.74. The summed E-state index contributed by atoms with van der Waals surface area (Å²) in [7, 11) is -1.95. The van der Waals surface area contributed by atoms with Gasteiger partial charge in [-0.15, -0.1) is 0 Å². The number of benzene rings is 2. The van der Waals surface area contributed by atoms with Crippen LogP contribution in [0.5, 0.6) is 11.5 Å². The quantitative estimate of drug-likeness (QED) is 0.844. The molecule has 1 amide bonds. The van der Waals surface area contributed by atoms with Gasteiger partial charge in [0.2, 0.25) is 10.0 Å². The first-order chi connectivity index (χ1) is 12.8. The number of fused-ring (bicyclic) bond motifs is 1. The van der Waals surface area contributed by atoms with Crippen LogP contribution in [0.25, 0.3) is 0 Å². The van der Waals surface area contributed by atoms with Crippen molar-refractivity contribution in [1.82, 2.24) is 5.32 Å². The molecule has 0 aromatic heterocycles. The molecule has 27 heavy (non-hydrogen) atoms. The van der Waals surface area contributed by atoms with E-state index in [4.69, 9.17) is 9.47 Å². The van der Waals surface area contributed by atoms with Gasteiger partial charge in [0, 0.05) is 12.6 Å². The topological polar surface area (TPSA) is 84.9 Å². The van der Waals surface area contributed by atoms with Gasteiger partial charge in [-0.1, -0.05) is 18.2 Å². The molecule has 0 saturated carbocycles. The fourth-order valence-electron chi connectivity index (χ4n) is 2.74. The van der Waals surface area contributed by atoms with Crippen LogP contribution in [0.1, 0.15) is 15.9 Å². The van der Waals surface area contributed by atoms with Crippen molar-refractivity contribution in [2.75, 3.05) is 30.8 Å². The van der Waals surface area contributed by atoms with Crippen molar-refractivity contribution in [3.05, 3.63) is 53.6 Å². The van der Waals surface area contributed by atoms with E-state index in [-0.39, 0.29) is 18.6 Å². The minimum atomic E-state index is -3.41. The molecule has 8 heteroatoms. The Labute approximate surface area is 158 Å². The third kappa shape index (κ3) is 4.33. The SMILES string of the molecule is Cc1ccc(C(=O)NCC2COc3ccccc3O2)cc1N(C)S(C)(=O)=O. The zero-order valence-corrected chi connectivity index (χ0v) is 16.2. The summed E-state index contributed by atoms with van der Waals surface area (Å²) in [6, 6.07) is 12.3. The summed E-state index contributed by atoms with van der Waals surface area (Å²) >= 11 is 0. The molecule has 0 fully saturated rings. The molecular weight excluding hydrogens is 368 g/mol. The number of hydrogen-bond donors (Lipinski definition) is 1. The Kier molecular flexibility index (Phi) is 5.27. The fourth-order valence-corrected chi connectivity index (χ4v) is 3.29. The Bertz CT molecular complexity index is 958. The van der Waals surface area contributed by atoms with Gasteiger partial charge in [-0.05, 0) is 36.8 Å². The summed E-state index contributed by atoms with van der Waals surface area (Å²) < 4.78 is 36.2. The normalized spacial score (nSPS) is 15.9. The van der Waals surface area contributed by atoms with E-state index in [1.54, 1.807) is 25.1 Å². The van der Waals surface area contributed by atoms with Crippen LogP contribution in [0.15, 0.2) is 42.5 Å². The summed E-state index contributed by atoms with van der Waals surface area (Å²) in [6.07, 6.45) is 0.824. The third-order valence-corrected chi connectivity index (χ3v) is 5.56. The van der Waals surface area contributed by atoms with Gasteiger partial charge in [-0.25, -0.2) is 8.42 Å². The van der Waals surface area contributed by atoms with Gasteiger partial charge >= 0.3 is 0 Å². The lowest BCUT2D eigenvalue weighted by Gasteiger charge is -2.26. The van der Waals surface area contributed by atoms with Gasteiger partial charge in [0.05, 0.1) is 18.5 Å². The predicted molar refractivity (Wildman–Crippen MR) is 103 cm³/mol. The van der Waals surface area contributed by atoms with Crippen molar-refractivity contribution in [3.63, 3.8) is 0 Å². The molecule has 0 bridgehead atoms. The van der Waals surface area contributed by atoms with Gasteiger partial charge < -0.3 is 14.8 Å². The van der Waals surface area contributed by atoms with E-state index < -0.39 is 10.0 Å². The number of rotatable bonds is 5. The van der Waals surface area contributed by atoms with Crippen LogP contribution in [0, 0.1) is 6.92 Å². The highest BCUT2D eigenvalue weighted by Crippen LogP contribution is 2.30. The molecule has 1 N–H and O–H groups in total. The number of hydrogen-bond acceptors (Lipinski definition) is 5. The Morgan fingerprint density at radius 3 is 2.63 bits per heavy atom. The maximum atomic E-state index is 12.5. The van der Waals surface area contributed by atoms with Crippen LogP contribution in [-0.4, -0.2) is 46.9 Å². The highest BCUT2D eigenvalue weighted by molar-refractivity contribution is 7.92. The summed E-state index contributed by atoms with van der Waals surface area (Å²) in [5, 5.41) is 2.81. The minimum Gasteiger partial charge on any atom is -0.486 e. The predicted octanol–water partition coefficient (Wildman–Crippen LogP) is 1.96. The van der Waals surface area contributed by atoms with Crippen molar-refractivity contribution in [1.29, 1.82) is 0 Å². The van der Waals surface area contributed by atoms with Gasteiger partial charge in [-0.3, -0.25) is 9.10 Å². The Morgan fingerprint density at radius 1 is 1.22 bits per heavy atom. The summed E-state index contributed by atoms with van der Waals surface area (Å²) in [4.78, 5) is 12.5. The largest absolute Gasteiger partial charge is 0.486 e. The number of amides is 1. The van der Waals surface area contributed by atoms with Gasteiger partial charge in [-0.2, -0.15) is 0 Å². The minimum absolute atomic E-state index is 0.276. The molecule has 1 atom stereocenters. The first kappa shape index (κ1) is 19.0. The lowest BCUT2D eigenvalue weighted by atomic mass is 10.1. The zero-order valence-electron chi connectivity index (χ0n) is 15.4. The highest BCUT2D eigenvalue weighted by Gasteiger charge is 2.22. The van der Waals surface area contributed by atoms with Crippen LogP contribution in [0.4, 0.5) is 5.69 Å². The number of carbonyl (C=O) groups excluding carboxylic acids is 1. The molecule has 3 rings (SSSR count). The molecule has 144 valence electrons. The van der Waals surface area contributed by atoms with Crippen LogP contribution < -0.4 is 19.1 Å². The van der Waals surface area contributed by atoms with E-state index in [2.05, 4.69) is 5.32 Å². The summed E-state index contributed by atoms with van der Waals surface area (Å²) in [6.45, 7) is 2.41. The van der Waals surface area contributed by atoms with Crippen LogP contribution >= 0.6 is 0 Å². The van der Waals surface area contributed by atoms with E-state index in [0.717, 1.165) is 16.1 Å². The van der Waals surface area contributed by atoms with Crippen LogP contribution in [0.3, 0.4) is 0 Å². The Balaban J connectivity index is 1.67. The van der Waals surface area contributed by atoms with Crippen LogP contribution in [-0.2, 0) is 10.0 Å². The summed E-state index contributed by atoms with van der Waals surface area (Å²) in [5.41, 5.74) is 1.61. The molecule has 0 spiro atoms. The average molecular weight is 390 g/mol. The molecule has 1 heterocycles. The van der Waals surface area contributed by atoms with E-state index in [1.165, 1.54) is 7.05 Å². The molecule has 1 unspecified atom stereocenters. The monoisotopic (exact) mass is 390 g/mol. The van der Waals surface area contributed by atoms with Gasteiger partial charge in [0.25, 0.3) is 5.91 Å². The van der Waals surface area contributed by atoms with Crippen molar-refractivity contribution in [3.8, 4) is 11.5 Å². The van der Waals surface area contributed by atoms with Crippen molar-refractivity contribution < 1.29 is 22.7 Å². The number of carbonyl (C=O) groups is 1. The molecule has 7 nitrogen and oxygen atoms in total. The molecule has 0 aliphatic carbocycles. The number of anilines is 1. The van der Waals surface area contributed by atoms with Gasteiger partial charge in [0.15, 0.2) is 11.5 Å². The van der Waals surface area contributed by atoms with Crippen molar-refractivity contribution in [2.45, 2.75) is 13.0 Å². The number of aryl methyl sites for hydroxylation is 1. The maximum Gasteiger partial charge on any atom is 0.251 e. The van der Waals surface area contributed by atoms with Gasteiger partial charge in [0.1, 0.15) is 12.7 Å². The van der Waals surface area contributed by atoms with E-state index in [9.17, 15) is 13.2 Å². The second kappa shape index (κ2) is 7.48. The number of ether oxygens (including phenoxy) is 2. The van der Waals surface area contributed by atoms with E-state index >= 15 is 0 Å². The maximum absolute atomic E-state index is 12.5. The number of nitrogens with one attached hydrogen (secondary N) is 1. The van der Waals surface area contributed by atoms with E-state index in [1.807, 2.05) is 24.3 Å². The van der Waals surface area contributed by atoms with Crippen LogP contribution in [0.2, 0.25) is 0 Å². The number of para-hydroxylation sites is 2. The fraction of sp³-hybridized carbons (Fsp3) is 0.316. The molecule has 0 saturated heterocycles. The third-order valence-electron chi connectivity index (χ3n) is 4.37. The van der Waals surface area contributed by atoms with E-state index in [0.29, 0.717) is 29.4 Å². The molecule has 2 aromatic carbocycles. The molecule has 1 aliphatic rings. The lowest BCUT2D eigenvalue weighted by molar-refractivity contribution is 0.0789. The standard InChI is InChI=1S/C19H22N2O5S/c1-13-8-9-14(10-16(13)21(2)27(3,23)24)19(22)20-11-15-12-25-17-6-4-5-7-18(17)26-15/h4-10,15H,11-12H2,1-3H3,(H,20,22). The Morgan fingerprint density at radius 2 is 1.93 bits per heavy atom. The summed E-state index contributed by atoms with van der Waals surface area (Å²) in [5.74, 6) is 1.03. The second-order valence-corrected chi connectivity index (χ2v) is 8.45. The lowest BCUT2D eigenvalue weighted by Crippen LogP contribution is -2.40. The zero-order chi connectivity index (χ0) is 19.6. The highest BCUT2D eigenvalue weighted by atomic mass is 32.2. The number of nitrogens with zero attached hydrogens (tertiary/aromatic N) is 1. The number of sulfonamides is 1. The van der Waals surface area contributed by atoms with Crippen molar-refractivity contribution >= 4 is 21.6 Å². The molecule has 1 aliphatic heterocycles. The average Bonchev–Trinajstić information content (AvgIpc) is 2.65. The molecule has 0 radical (unpaired) electrons. The smallest absolute Gasteiger partial charge is 0.251 e. The first-order valence-corrected chi connectivity index (χ1v) is 10.3. The first-order valence-electron chi connectivity index (χ1n) is 8.47.